The zero-order chi connectivity index (χ0) is 22.2. The van der Waals surface area contributed by atoms with Gasteiger partial charge in [0.2, 0.25) is 15.9 Å². The fourth-order valence-electron chi connectivity index (χ4n) is 2.97. The van der Waals surface area contributed by atoms with Crippen molar-refractivity contribution in [1.82, 2.24) is 10.0 Å². The summed E-state index contributed by atoms with van der Waals surface area (Å²) in [6.07, 6.45) is 3.42. The van der Waals surface area contributed by atoms with E-state index in [-0.39, 0.29) is 44.9 Å². The standard InChI is InChI=1S/C21H21Cl2N3O4S/c22-17-10-18(23)19(31(29,30)26-15-7-8-15)9-16(17)21(28)24-11-12-1-5-14(6-2-12)25-20(27)13-3-4-13/h1-2,5-6,9-10,13,15,26H,3-4,7-8,11H2,(H,24,28)(H,25,27). The fourth-order valence-corrected chi connectivity index (χ4v) is 5.13. The van der Waals surface area contributed by atoms with E-state index in [4.69, 9.17) is 23.2 Å². The van der Waals surface area contributed by atoms with Gasteiger partial charge >= 0.3 is 0 Å². The molecule has 0 unspecified atom stereocenters. The average molecular weight is 482 g/mol. The molecule has 31 heavy (non-hydrogen) atoms. The molecule has 2 aliphatic rings. The van der Waals surface area contributed by atoms with Crippen molar-refractivity contribution >= 4 is 50.7 Å². The summed E-state index contributed by atoms with van der Waals surface area (Å²) in [6.45, 7) is 0.205. The molecule has 2 aromatic carbocycles. The number of hydrogen-bond acceptors (Lipinski definition) is 4. The van der Waals surface area contributed by atoms with E-state index < -0.39 is 15.9 Å². The topological polar surface area (TPSA) is 104 Å². The Labute approximate surface area is 190 Å². The van der Waals surface area contributed by atoms with Gasteiger partial charge in [-0.1, -0.05) is 35.3 Å². The van der Waals surface area contributed by atoms with Gasteiger partial charge in [-0.25, -0.2) is 13.1 Å². The molecule has 2 aliphatic carbocycles. The molecule has 4 rings (SSSR count). The van der Waals surface area contributed by atoms with E-state index in [0.717, 1.165) is 31.2 Å². The number of hydrogen-bond donors (Lipinski definition) is 3. The molecule has 7 nitrogen and oxygen atoms in total. The second-order valence-corrected chi connectivity index (χ2v) is 10.3. The molecule has 164 valence electrons. The maximum atomic E-state index is 12.6. The van der Waals surface area contributed by atoms with Crippen LogP contribution in [-0.4, -0.2) is 26.3 Å². The van der Waals surface area contributed by atoms with Crippen LogP contribution in [0.1, 0.15) is 41.6 Å². The van der Waals surface area contributed by atoms with E-state index in [1.54, 1.807) is 24.3 Å². The van der Waals surface area contributed by atoms with Gasteiger partial charge in [0.1, 0.15) is 4.90 Å². The Morgan fingerprint density at radius 2 is 1.65 bits per heavy atom. The number of nitrogens with one attached hydrogen (secondary N) is 3. The average Bonchev–Trinajstić information content (AvgIpc) is 3.61. The van der Waals surface area contributed by atoms with Crippen LogP contribution < -0.4 is 15.4 Å². The molecule has 0 spiro atoms. The Morgan fingerprint density at radius 3 is 2.26 bits per heavy atom. The highest BCUT2D eigenvalue weighted by Crippen LogP contribution is 2.31. The lowest BCUT2D eigenvalue weighted by molar-refractivity contribution is -0.117. The maximum absolute atomic E-state index is 12.6. The molecule has 2 amide bonds. The van der Waals surface area contributed by atoms with Gasteiger partial charge in [0, 0.05) is 24.2 Å². The smallest absolute Gasteiger partial charge is 0.253 e. The summed E-state index contributed by atoms with van der Waals surface area (Å²) in [5.74, 6) is -0.368. The van der Waals surface area contributed by atoms with Crippen molar-refractivity contribution in [2.45, 2.75) is 43.2 Å². The number of sulfonamides is 1. The van der Waals surface area contributed by atoms with Crippen LogP contribution in [0.3, 0.4) is 0 Å². The number of benzene rings is 2. The molecule has 0 heterocycles. The van der Waals surface area contributed by atoms with Gasteiger partial charge in [0.15, 0.2) is 0 Å². The van der Waals surface area contributed by atoms with Crippen LogP contribution in [0.4, 0.5) is 5.69 Å². The second-order valence-electron chi connectivity index (χ2n) is 7.80. The van der Waals surface area contributed by atoms with Gasteiger partial charge in [-0.2, -0.15) is 0 Å². The largest absolute Gasteiger partial charge is 0.348 e. The van der Waals surface area contributed by atoms with Gasteiger partial charge in [-0.3, -0.25) is 9.59 Å². The van der Waals surface area contributed by atoms with Crippen LogP contribution in [-0.2, 0) is 21.4 Å². The highest BCUT2D eigenvalue weighted by Gasteiger charge is 2.31. The van der Waals surface area contributed by atoms with E-state index >= 15 is 0 Å². The first-order valence-electron chi connectivity index (χ1n) is 9.92. The number of halogens is 2. The summed E-state index contributed by atoms with van der Waals surface area (Å²) < 4.78 is 27.6. The molecule has 0 radical (unpaired) electrons. The number of anilines is 1. The Bertz CT molecular complexity index is 1130. The van der Waals surface area contributed by atoms with Crippen LogP contribution in [0, 0.1) is 5.92 Å². The zero-order valence-corrected chi connectivity index (χ0v) is 18.8. The Kier molecular flexibility index (Phi) is 6.25. The maximum Gasteiger partial charge on any atom is 0.253 e. The van der Waals surface area contributed by atoms with Crippen LogP contribution in [0.2, 0.25) is 10.0 Å². The Morgan fingerprint density at radius 1 is 0.968 bits per heavy atom. The summed E-state index contributed by atoms with van der Waals surface area (Å²) in [5, 5.41) is 5.60. The van der Waals surface area contributed by atoms with Crippen molar-refractivity contribution in [3.05, 3.63) is 57.6 Å². The minimum Gasteiger partial charge on any atom is -0.348 e. The molecule has 2 saturated carbocycles. The Hall–Kier alpha value is -2.13. The lowest BCUT2D eigenvalue weighted by Gasteiger charge is -2.12. The number of amides is 2. The van der Waals surface area contributed by atoms with Crippen molar-refractivity contribution in [1.29, 1.82) is 0 Å². The monoisotopic (exact) mass is 481 g/mol. The fraction of sp³-hybridized carbons (Fsp3) is 0.333. The first-order valence-corrected chi connectivity index (χ1v) is 12.2. The predicted molar refractivity (Wildman–Crippen MR) is 119 cm³/mol. The molecular weight excluding hydrogens is 461 g/mol. The van der Waals surface area contributed by atoms with Gasteiger partial charge in [-0.05, 0) is 55.5 Å². The van der Waals surface area contributed by atoms with Crippen LogP contribution in [0.15, 0.2) is 41.3 Å². The SMILES string of the molecule is O=C(NCc1ccc(NC(=O)C2CC2)cc1)c1cc(S(=O)(=O)NC2CC2)c(Cl)cc1Cl. The third-order valence-corrected chi connectivity index (χ3v) is 7.38. The molecule has 0 bridgehead atoms. The van der Waals surface area contributed by atoms with Gasteiger partial charge in [0.05, 0.1) is 15.6 Å². The van der Waals surface area contributed by atoms with Crippen LogP contribution >= 0.6 is 23.2 Å². The zero-order valence-electron chi connectivity index (χ0n) is 16.5. The van der Waals surface area contributed by atoms with E-state index in [9.17, 15) is 18.0 Å². The first-order chi connectivity index (χ1) is 14.7. The number of carbonyl (C=O) groups is 2. The summed E-state index contributed by atoms with van der Waals surface area (Å²) in [7, 11) is -3.84. The summed E-state index contributed by atoms with van der Waals surface area (Å²) in [6, 6.07) is 9.49. The summed E-state index contributed by atoms with van der Waals surface area (Å²) >= 11 is 12.2. The quantitative estimate of drug-likeness (QED) is 0.534. The molecule has 2 fully saturated rings. The number of rotatable bonds is 8. The third kappa shape index (κ3) is 5.57. The third-order valence-electron chi connectivity index (χ3n) is 5.08. The molecule has 0 aliphatic heterocycles. The highest BCUT2D eigenvalue weighted by atomic mass is 35.5. The summed E-state index contributed by atoms with van der Waals surface area (Å²) in [4.78, 5) is 24.3. The normalized spacial score (nSPS) is 16.1. The minimum atomic E-state index is -3.84. The molecule has 0 aromatic heterocycles. The molecule has 0 atom stereocenters. The van der Waals surface area contributed by atoms with Crippen molar-refractivity contribution in [3.8, 4) is 0 Å². The van der Waals surface area contributed by atoms with Crippen LogP contribution in [0.5, 0.6) is 0 Å². The van der Waals surface area contributed by atoms with Gasteiger partial charge in [-0.15, -0.1) is 0 Å². The van der Waals surface area contributed by atoms with Crippen molar-refractivity contribution in [2.24, 2.45) is 5.92 Å². The first kappa shape index (κ1) is 22.1. The van der Waals surface area contributed by atoms with E-state index in [1.807, 2.05) is 0 Å². The Balaban J connectivity index is 1.42. The lowest BCUT2D eigenvalue weighted by atomic mass is 10.1. The van der Waals surface area contributed by atoms with Crippen LogP contribution in [0.25, 0.3) is 0 Å². The molecular formula is C21H21Cl2N3O4S. The van der Waals surface area contributed by atoms with Gasteiger partial charge in [0.25, 0.3) is 5.91 Å². The van der Waals surface area contributed by atoms with Crippen molar-refractivity contribution in [3.63, 3.8) is 0 Å². The molecule has 2 aromatic rings. The van der Waals surface area contributed by atoms with E-state index in [0.29, 0.717) is 5.69 Å². The predicted octanol–water partition coefficient (Wildman–Crippen LogP) is 3.71. The number of carbonyl (C=O) groups excluding carboxylic acids is 2. The minimum absolute atomic E-state index is 0.0237. The van der Waals surface area contributed by atoms with E-state index in [2.05, 4.69) is 15.4 Å². The highest BCUT2D eigenvalue weighted by molar-refractivity contribution is 7.89. The lowest BCUT2D eigenvalue weighted by Crippen LogP contribution is -2.27. The molecule has 10 heteroatoms. The molecule has 0 saturated heterocycles. The summed E-state index contributed by atoms with van der Waals surface area (Å²) in [5.41, 5.74) is 1.53. The van der Waals surface area contributed by atoms with Crippen molar-refractivity contribution in [2.75, 3.05) is 5.32 Å². The van der Waals surface area contributed by atoms with Crippen molar-refractivity contribution < 1.29 is 18.0 Å². The van der Waals surface area contributed by atoms with Gasteiger partial charge < -0.3 is 10.6 Å². The van der Waals surface area contributed by atoms with E-state index in [1.165, 1.54) is 12.1 Å². The molecule has 3 N–H and O–H groups in total. The second kappa shape index (κ2) is 8.78.